The molecule has 1 fully saturated rings. The summed E-state index contributed by atoms with van der Waals surface area (Å²) in [6, 6.07) is 12.8. The maximum atomic E-state index is 14.1. The average Bonchev–Trinajstić information content (AvgIpc) is 3.34. The standard InChI is InChI=1S/C33H36N2O14/c1-16(36)44-15-26-28(46-17(2)37)29(47-18(3)38)30(48-19(4)39)31(49-26)35(25(32(41)42)13-27(34)40)33(43)45-14-24-22-11-7-5-9-20(22)21-10-6-8-12-23(21)24/h5-12,24-26,28-31H,13-15H2,1-4H3,(H2,34,40)(H,41,42)/t25-,26+,28+,29-,30+,31+/m0/s1. The van der Waals surface area contributed by atoms with Crippen molar-refractivity contribution >= 4 is 41.8 Å². The van der Waals surface area contributed by atoms with E-state index in [-0.39, 0.29) is 6.61 Å². The lowest BCUT2D eigenvalue weighted by Gasteiger charge is -2.48. The van der Waals surface area contributed by atoms with Gasteiger partial charge in [0.15, 0.2) is 24.5 Å². The summed E-state index contributed by atoms with van der Waals surface area (Å²) in [5.74, 6) is -6.97. The highest BCUT2D eigenvalue weighted by molar-refractivity contribution is 5.87. The van der Waals surface area contributed by atoms with Gasteiger partial charge in [0.1, 0.15) is 25.4 Å². The monoisotopic (exact) mass is 684 g/mol. The molecule has 4 rings (SSSR count). The molecule has 0 saturated carbocycles. The lowest BCUT2D eigenvalue weighted by molar-refractivity contribution is -0.277. The van der Waals surface area contributed by atoms with Gasteiger partial charge in [0.25, 0.3) is 0 Å². The number of nitrogens with two attached hydrogens (primary N) is 1. The molecule has 49 heavy (non-hydrogen) atoms. The van der Waals surface area contributed by atoms with Gasteiger partial charge in [-0.25, -0.2) is 9.59 Å². The Morgan fingerprint density at radius 2 is 1.24 bits per heavy atom. The van der Waals surface area contributed by atoms with Gasteiger partial charge in [-0.1, -0.05) is 48.5 Å². The van der Waals surface area contributed by atoms with Crippen LogP contribution in [0.5, 0.6) is 0 Å². The quantitative estimate of drug-likeness (QED) is 0.240. The van der Waals surface area contributed by atoms with E-state index < -0.39 is 97.5 Å². The van der Waals surface area contributed by atoms with Crippen LogP contribution in [0.4, 0.5) is 4.79 Å². The lowest BCUT2D eigenvalue weighted by atomic mass is 9.95. The van der Waals surface area contributed by atoms with Crippen molar-refractivity contribution in [2.24, 2.45) is 5.73 Å². The van der Waals surface area contributed by atoms with Crippen molar-refractivity contribution in [3.05, 3.63) is 59.7 Å². The van der Waals surface area contributed by atoms with E-state index in [1.807, 2.05) is 48.5 Å². The van der Waals surface area contributed by atoms with Crippen molar-refractivity contribution in [3.8, 4) is 11.1 Å². The number of ether oxygens (including phenoxy) is 6. The summed E-state index contributed by atoms with van der Waals surface area (Å²) in [7, 11) is 0. The summed E-state index contributed by atoms with van der Waals surface area (Å²) in [5.41, 5.74) is 8.87. The number of carbonyl (C=O) groups excluding carboxylic acids is 6. The molecule has 0 spiro atoms. The Labute approximate surface area is 280 Å². The Morgan fingerprint density at radius 3 is 1.73 bits per heavy atom. The first-order chi connectivity index (χ1) is 23.2. The van der Waals surface area contributed by atoms with Crippen LogP contribution in [-0.4, -0.2) is 102 Å². The number of esters is 4. The number of carboxylic acids is 1. The Hall–Kier alpha value is -5.51. The topological polar surface area (TPSA) is 224 Å². The Bertz CT molecular complexity index is 1580. The number of primary amides is 1. The molecule has 16 nitrogen and oxygen atoms in total. The molecule has 6 atom stereocenters. The van der Waals surface area contributed by atoms with Gasteiger partial charge in [-0.15, -0.1) is 0 Å². The zero-order chi connectivity index (χ0) is 36.0. The molecule has 1 saturated heterocycles. The number of fused-ring (bicyclic) bond motifs is 3. The van der Waals surface area contributed by atoms with Gasteiger partial charge in [0.05, 0.1) is 6.42 Å². The van der Waals surface area contributed by atoms with Crippen molar-refractivity contribution in [2.75, 3.05) is 13.2 Å². The fraction of sp³-hybridized carbons (Fsp3) is 0.424. The lowest BCUT2D eigenvalue weighted by Crippen LogP contribution is -2.69. The number of rotatable bonds is 12. The second-order valence-electron chi connectivity index (χ2n) is 11.3. The largest absolute Gasteiger partial charge is 0.480 e. The molecule has 1 aliphatic heterocycles. The molecule has 2 aromatic rings. The van der Waals surface area contributed by atoms with E-state index in [0.29, 0.717) is 4.90 Å². The summed E-state index contributed by atoms with van der Waals surface area (Å²) in [6.07, 6.45) is -11.0. The summed E-state index contributed by atoms with van der Waals surface area (Å²) in [6.45, 7) is 3.11. The second kappa shape index (κ2) is 15.6. The molecule has 262 valence electrons. The third-order valence-electron chi connectivity index (χ3n) is 7.80. The second-order valence-corrected chi connectivity index (χ2v) is 11.3. The number of carboxylic acid groups (broad SMARTS) is 1. The Kier molecular flexibility index (Phi) is 11.6. The first-order valence-electron chi connectivity index (χ1n) is 15.1. The highest BCUT2D eigenvalue weighted by Gasteiger charge is 2.57. The molecule has 1 heterocycles. The molecule has 2 aliphatic rings. The van der Waals surface area contributed by atoms with Crippen molar-refractivity contribution in [3.63, 3.8) is 0 Å². The number of hydrogen-bond acceptors (Lipinski definition) is 13. The fourth-order valence-electron chi connectivity index (χ4n) is 6.00. The number of aliphatic carboxylic acids is 1. The van der Waals surface area contributed by atoms with Crippen LogP contribution in [0.25, 0.3) is 11.1 Å². The maximum absolute atomic E-state index is 14.1. The summed E-state index contributed by atoms with van der Waals surface area (Å²) >= 11 is 0. The van der Waals surface area contributed by atoms with Crippen LogP contribution in [0.15, 0.2) is 48.5 Å². The number of nitrogens with zero attached hydrogens (tertiary/aromatic N) is 1. The molecule has 16 heteroatoms. The predicted octanol–water partition coefficient (Wildman–Crippen LogP) is 1.65. The van der Waals surface area contributed by atoms with Crippen LogP contribution in [0.1, 0.15) is 51.2 Å². The van der Waals surface area contributed by atoms with E-state index in [9.17, 15) is 38.7 Å². The molecular weight excluding hydrogens is 648 g/mol. The summed E-state index contributed by atoms with van der Waals surface area (Å²) < 4.78 is 33.1. The summed E-state index contributed by atoms with van der Waals surface area (Å²) in [4.78, 5) is 88.0. The highest BCUT2D eigenvalue weighted by atomic mass is 16.7. The average molecular weight is 685 g/mol. The van der Waals surface area contributed by atoms with Crippen LogP contribution in [-0.2, 0) is 57.2 Å². The van der Waals surface area contributed by atoms with Crippen LogP contribution in [0.2, 0.25) is 0 Å². The van der Waals surface area contributed by atoms with Gasteiger partial charge in [0.2, 0.25) is 5.91 Å². The number of hydrogen-bond donors (Lipinski definition) is 2. The van der Waals surface area contributed by atoms with Crippen molar-refractivity contribution in [1.82, 2.24) is 4.90 Å². The third-order valence-corrected chi connectivity index (χ3v) is 7.80. The van der Waals surface area contributed by atoms with Crippen LogP contribution >= 0.6 is 0 Å². The number of carbonyl (C=O) groups is 7. The van der Waals surface area contributed by atoms with E-state index in [2.05, 4.69) is 0 Å². The molecule has 2 amide bonds. The minimum Gasteiger partial charge on any atom is -0.480 e. The molecular formula is C33H36N2O14. The molecule has 3 N–H and O–H groups in total. The zero-order valence-corrected chi connectivity index (χ0v) is 27.1. The minimum absolute atomic E-state index is 0.308. The summed E-state index contributed by atoms with van der Waals surface area (Å²) in [5, 5.41) is 10.3. The SMILES string of the molecule is CC(=O)OC[C@H]1O[C@@H](N(C(=O)OCC2c3ccccc3-c3ccccc32)[C@@H](CC(N)=O)C(=O)O)[C@H](OC(C)=O)[C@@H](OC(C)=O)[C@@H]1OC(C)=O. The first-order valence-corrected chi connectivity index (χ1v) is 15.1. The normalized spacial score (nSPS) is 21.6. The van der Waals surface area contributed by atoms with Crippen LogP contribution in [0.3, 0.4) is 0 Å². The van der Waals surface area contributed by atoms with E-state index in [4.69, 9.17) is 34.2 Å². The van der Waals surface area contributed by atoms with E-state index in [1.54, 1.807) is 0 Å². The number of benzene rings is 2. The third kappa shape index (κ3) is 8.51. The highest BCUT2D eigenvalue weighted by Crippen LogP contribution is 2.44. The maximum Gasteiger partial charge on any atom is 0.412 e. The molecule has 0 unspecified atom stereocenters. The zero-order valence-electron chi connectivity index (χ0n) is 27.1. The van der Waals surface area contributed by atoms with Crippen molar-refractivity contribution in [1.29, 1.82) is 0 Å². The van der Waals surface area contributed by atoms with Gasteiger partial charge < -0.3 is 39.3 Å². The fourth-order valence-corrected chi connectivity index (χ4v) is 6.00. The van der Waals surface area contributed by atoms with Gasteiger partial charge >= 0.3 is 35.9 Å². The van der Waals surface area contributed by atoms with E-state index >= 15 is 0 Å². The molecule has 1 aliphatic carbocycles. The van der Waals surface area contributed by atoms with E-state index in [1.165, 1.54) is 0 Å². The molecule has 2 aromatic carbocycles. The van der Waals surface area contributed by atoms with Crippen molar-refractivity contribution < 1.29 is 67.1 Å². The predicted molar refractivity (Wildman–Crippen MR) is 164 cm³/mol. The molecule has 0 bridgehead atoms. The van der Waals surface area contributed by atoms with Gasteiger partial charge in [-0.2, -0.15) is 0 Å². The molecule has 0 radical (unpaired) electrons. The van der Waals surface area contributed by atoms with Crippen LogP contribution < -0.4 is 5.73 Å². The van der Waals surface area contributed by atoms with Crippen molar-refractivity contribution in [2.45, 2.75) is 76.7 Å². The number of amides is 2. The van der Waals surface area contributed by atoms with Gasteiger partial charge in [-0.3, -0.25) is 28.9 Å². The Morgan fingerprint density at radius 1 is 0.735 bits per heavy atom. The van der Waals surface area contributed by atoms with Gasteiger partial charge in [-0.05, 0) is 22.3 Å². The smallest absolute Gasteiger partial charge is 0.412 e. The first kappa shape index (κ1) is 36.3. The van der Waals surface area contributed by atoms with Gasteiger partial charge in [0, 0.05) is 33.6 Å². The van der Waals surface area contributed by atoms with Crippen LogP contribution in [0, 0.1) is 0 Å². The minimum atomic E-state index is -2.08. The van der Waals surface area contributed by atoms with E-state index in [0.717, 1.165) is 49.9 Å². The Balaban J connectivity index is 1.80. The molecule has 0 aromatic heterocycles.